The second-order valence-electron chi connectivity index (χ2n) is 6.19. The minimum atomic E-state index is 0.337. The number of rotatable bonds is 3. The summed E-state index contributed by atoms with van der Waals surface area (Å²) in [7, 11) is 0. The average Bonchev–Trinajstić information content (AvgIpc) is 2.26. The zero-order chi connectivity index (χ0) is 12.6. The van der Waals surface area contributed by atoms with Crippen LogP contribution in [0, 0.1) is 5.92 Å². The fourth-order valence-electron chi connectivity index (χ4n) is 3.84. The Morgan fingerprint density at radius 1 is 1.18 bits per heavy atom. The van der Waals surface area contributed by atoms with Crippen molar-refractivity contribution in [2.45, 2.75) is 58.7 Å². The largest absolute Gasteiger partial charge is 0.292 e. The number of likely N-dealkylation sites (tertiary alicyclic amines) is 1. The van der Waals surface area contributed by atoms with Crippen LogP contribution in [-0.2, 0) is 6.42 Å². The molecule has 0 bridgehead atoms. The summed E-state index contributed by atoms with van der Waals surface area (Å²) in [6, 6.07) is 12.2. The molecule has 1 saturated heterocycles. The fraction of sp³-hybridized carbons (Fsp3) is 0.625. The van der Waals surface area contributed by atoms with Gasteiger partial charge in [0.25, 0.3) is 0 Å². The lowest BCUT2D eigenvalue weighted by Crippen LogP contribution is -2.71. The van der Waals surface area contributed by atoms with Crippen molar-refractivity contribution in [2.75, 3.05) is 0 Å². The van der Waals surface area contributed by atoms with E-state index in [2.05, 4.69) is 69.9 Å². The van der Waals surface area contributed by atoms with Crippen LogP contribution in [0.15, 0.2) is 30.3 Å². The monoisotopic (exact) mass is 231 g/mol. The Hall–Kier alpha value is -0.820. The van der Waals surface area contributed by atoms with Gasteiger partial charge in [0, 0.05) is 17.6 Å². The van der Waals surface area contributed by atoms with Gasteiger partial charge >= 0.3 is 0 Å². The second kappa shape index (κ2) is 4.45. The Morgan fingerprint density at radius 3 is 2.24 bits per heavy atom. The first kappa shape index (κ1) is 12.6. The van der Waals surface area contributed by atoms with Gasteiger partial charge in [0.05, 0.1) is 0 Å². The van der Waals surface area contributed by atoms with Gasteiger partial charge in [0.1, 0.15) is 0 Å². The minimum Gasteiger partial charge on any atom is -0.292 e. The first-order valence-corrected chi connectivity index (χ1v) is 6.77. The van der Waals surface area contributed by atoms with E-state index in [0.717, 1.165) is 5.92 Å². The van der Waals surface area contributed by atoms with E-state index in [-0.39, 0.29) is 0 Å². The summed E-state index contributed by atoms with van der Waals surface area (Å²) in [6.45, 7) is 11.8. The molecule has 17 heavy (non-hydrogen) atoms. The molecule has 0 aromatic heterocycles. The van der Waals surface area contributed by atoms with Crippen molar-refractivity contribution in [3.05, 3.63) is 35.9 Å². The third-order valence-corrected chi connectivity index (χ3v) is 4.45. The Balaban J connectivity index is 2.09. The third-order valence-electron chi connectivity index (χ3n) is 4.45. The van der Waals surface area contributed by atoms with Crippen LogP contribution in [0.1, 0.15) is 40.2 Å². The minimum absolute atomic E-state index is 0.337. The predicted octanol–water partition coefficient (Wildman–Crippen LogP) is 3.74. The fourth-order valence-corrected chi connectivity index (χ4v) is 3.84. The summed E-state index contributed by atoms with van der Waals surface area (Å²) in [5, 5.41) is 0. The average molecular weight is 231 g/mol. The van der Waals surface area contributed by atoms with Crippen molar-refractivity contribution in [1.82, 2.24) is 4.90 Å². The molecular formula is C16H25N. The van der Waals surface area contributed by atoms with Crippen LogP contribution in [0.3, 0.4) is 0 Å². The molecule has 1 heteroatoms. The van der Waals surface area contributed by atoms with Crippen LogP contribution in [0.5, 0.6) is 0 Å². The van der Waals surface area contributed by atoms with Gasteiger partial charge in [0.15, 0.2) is 0 Å². The first-order valence-electron chi connectivity index (χ1n) is 6.77. The van der Waals surface area contributed by atoms with Crippen molar-refractivity contribution in [3.8, 4) is 0 Å². The Labute approximate surface area is 106 Å². The molecule has 2 rings (SSSR count). The summed E-state index contributed by atoms with van der Waals surface area (Å²) in [6.07, 6.45) is 1.21. The van der Waals surface area contributed by atoms with Crippen LogP contribution in [-0.4, -0.2) is 22.5 Å². The normalized spacial score (nSPS) is 28.1. The van der Waals surface area contributed by atoms with Gasteiger partial charge in [-0.15, -0.1) is 0 Å². The van der Waals surface area contributed by atoms with Crippen molar-refractivity contribution < 1.29 is 0 Å². The zero-order valence-corrected chi connectivity index (χ0v) is 11.8. The number of nitrogens with zero attached hydrogens (tertiary/aromatic N) is 1. The van der Waals surface area contributed by atoms with Gasteiger partial charge < -0.3 is 0 Å². The van der Waals surface area contributed by atoms with Crippen LogP contribution < -0.4 is 0 Å². The summed E-state index contributed by atoms with van der Waals surface area (Å²) >= 11 is 0. The molecule has 1 aromatic carbocycles. The molecule has 1 aliphatic rings. The van der Waals surface area contributed by atoms with Gasteiger partial charge in [-0.2, -0.15) is 0 Å². The standard InChI is InChI=1S/C16H25N/c1-12(2)17-13(3)15(16(17,4)5)11-14-9-7-6-8-10-14/h6-10,12-13,15H,11H2,1-5H3. The topological polar surface area (TPSA) is 3.24 Å². The second-order valence-corrected chi connectivity index (χ2v) is 6.19. The van der Waals surface area contributed by atoms with E-state index >= 15 is 0 Å². The van der Waals surface area contributed by atoms with Crippen LogP contribution in [0.4, 0.5) is 0 Å². The number of benzene rings is 1. The van der Waals surface area contributed by atoms with Crippen molar-refractivity contribution in [2.24, 2.45) is 5.92 Å². The van der Waals surface area contributed by atoms with Gasteiger partial charge in [-0.1, -0.05) is 30.3 Å². The highest BCUT2D eigenvalue weighted by molar-refractivity contribution is 5.19. The molecule has 0 radical (unpaired) electrons. The lowest BCUT2D eigenvalue weighted by molar-refractivity contribution is -0.129. The van der Waals surface area contributed by atoms with Crippen molar-refractivity contribution in [1.29, 1.82) is 0 Å². The Bertz CT molecular complexity index is 366. The molecular weight excluding hydrogens is 206 g/mol. The highest BCUT2D eigenvalue weighted by Crippen LogP contribution is 2.45. The molecule has 2 atom stereocenters. The van der Waals surface area contributed by atoms with Crippen LogP contribution in [0.25, 0.3) is 0 Å². The molecule has 1 fully saturated rings. The van der Waals surface area contributed by atoms with Gasteiger partial charge in [-0.05, 0) is 52.5 Å². The quantitative estimate of drug-likeness (QED) is 0.766. The van der Waals surface area contributed by atoms with E-state index in [0.29, 0.717) is 17.6 Å². The SMILES string of the molecule is CC(C)N1C(C)C(Cc2ccccc2)C1(C)C. The van der Waals surface area contributed by atoms with E-state index < -0.39 is 0 Å². The highest BCUT2D eigenvalue weighted by Gasteiger charge is 2.52. The molecule has 1 aromatic rings. The van der Waals surface area contributed by atoms with E-state index in [1.807, 2.05) is 0 Å². The molecule has 0 amide bonds. The zero-order valence-electron chi connectivity index (χ0n) is 11.8. The lowest BCUT2D eigenvalue weighted by Gasteiger charge is -2.63. The van der Waals surface area contributed by atoms with Crippen molar-refractivity contribution >= 4 is 0 Å². The predicted molar refractivity (Wildman–Crippen MR) is 74.2 cm³/mol. The number of hydrogen-bond donors (Lipinski definition) is 0. The smallest absolute Gasteiger partial charge is 0.0205 e. The van der Waals surface area contributed by atoms with Crippen LogP contribution in [0.2, 0.25) is 0 Å². The Morgan fingerprint density at radius 2 is 1.76 bits per heavy atom. The molecule has 0 N–H and O–H groups in total. The molecule has 1 heterocycles. The maximum absolute atomic E-state index is 2.64. The summed E-state index contributed by atoms with van der Waals surface area (Å²) in [4.78, 5) is 2.64. The van der Waals surface area contributed by atoms with Gasteiger partial charge in [0.2, 0.25) is 0 Å². The molecule has 1 aliphatic heterocycles. The highest BCUT2D eigenvalue weighted by atomic mass is 15.3. The third kappa shape index (κ3) is 2.13. The molecule has 1 nitrogen and oxygen atoms in total. The van der Waals surface area contributed by atoms with Gasteiger partial charge in [-0.25, -0.2) is 0 Å². The summed E-state index contributed by atoms with van der Waals surface area (Å²) < 4.78 is 0. The van der Waals surface area contributed by atoms with E-state index in [1.165, 1.54) is 12.0 Å². The molecule has 0 aliphatic carbocycles. The van der Waals surface area contributed by atoms with E-state index in [1.54, 1.807) is 0 Å². The van der Waals surface area contributed by atoms with E-state index in [4.69, 9.17) is 0 Å². The molecule has 2 unspecified atom stereocenters. The summed E-state index contributed by atoms with van der Waals surface area (Å²) in [5.41, 5.74) is 1.81. The number of hydrogen-bond acceptors (Lipinski definition) is 1. The summed E-state index contributed by atoms with van der Waals surface area (Å²) in [5.74, 6) is 0.771. The Kier molecular flexibility index (Phi) is 3.31. The van der Waals surface area contributed by atoms with E-state index in [9.17, 15) is 0 Å². The maximum Gasteiger partial charge on any atom is 0.0205 e. The maximum atomic E-state index is 2.64. The van der Waals surface area contributed by atoms with Gasteiger partial charge in [-0.3, -0.25) is 4.90 Å². The molecule has 94 valence electrons. The van der Waals surface area contributed by atoms with Crippen molar-refractivity contribution in [3.63, 3.8) is 0 Å². The van der Waals surface area contributed by atoms with Crippen LogP contribution >= 0.6 is 0 Å². The molecule has 0 spiro atoms. The lowest BCUT2D eigenvalue weighted by atomic mass is 9.67. The molecule has 0 saturated carbocycles. The first-order chi connectivity index (χ1) is 7.94.